The summed E-state index contributed by atoms with van der Waals surface area (Å²) in [6, 6.07) is 0. The van der Waals surface area contributed by atoms with Crippen molar-refractivity contribution in [1.82, 2.24) is 0 Å². The summed E-state index contributed by atoms with van der Waals surface area (Å²) >= 11 is 0. The number of carbonyl (C=O) groups excluding carboxylic acids is 1. The van der Waals surface area contributed by atoms with Crippen molar-refractivity contribution in [3.8, 4) is 0 Å². The third kappa shape index (κ3) is 1.67. The fourth-order valence-corrected chi connectivity index (χ4v) is 1.60. The lowest BCUT2D eigenvalue weighted by molar-refractivity contribution is -0.152. The zero-order valence-electron chi connectivity index (χ0n) is 7.25. The first-order valence-electron chi connectivity index (χ1n) is 4.10. The summed E-state index contributed by atoms with van der Waals surface area (Å²) in [5.41, 5.74) is 0.966. The van der Waals surface area contributed by atoms with Crippen LogP contribution in [0.2, 0.25) is 0 Å². The molecule has 1 fully saturated rings. The second-order valence-electron chi connectivity index (χ2n) is 3.12. The van der Waals surface area contributed by atoms with E-state index in [4.69, 9.17) is 0 Å². The third-order valence-electron chi connectivity index (χ3n) is 2.36. The molecule has 0 spiro atoms. The normalized spacial score (nSPS) is 25.5. The van der Waals surface area contributed by atoms with E-state index in [9.17, 15) is 9.90 Å². The Morgan fingerprint density at radius 3 is 2.92 bits per heavy atom. The highest BCUT2D eigenvalue weighted by Gasteiger charge is 2.31. The summed E-state index contributed by atoms with van der Waals surface area (Å²) in [5, 5.41) is 9.45. The van der Waals surface area contributed by atoms with Crippen LogP contribution in [0.3, 0.4) is 0 Å². The van der Waals surface area contributed by atoms with Crippen molar-refractivity contribution in [1.29, 1.82) is 0 Å². The molecular formula is C9H14O3. The summed E-state index contributed by atoms with van der Waals surface area (Å²) in [7, 11) is 1.28. The summed E-state index contributed by atoms with van der Waals surface area (Å²) in [4.78, 5) is 10.9. The van der Waals surface area contributed by atoms with Crippen LogP contribution in [0.25, 0.3) is 0 Å². The number of esters is 1. The fourth-order valence-electron chi connectivity index (χ4n) is 1.60. The molecule has 0 aromatic carbocycles. The Labute approximate surface area is 72.0 Å². The first-order chi connectivity index (χ1) is 5.66. The Morgan fingerprint density at radius 2 is 2.50 bits per heavy atom. The van der Waals surface area contributed by atoms with E-state index in [0.29, 0.717) is 0 Å². The predicted molar refractivity (Wildman–Crippen MR) is 44.5 cm³/mol. The molecule has 1 aliphatic carbocycles. The number of hydrogen-bond acceptors (Lipinski definition) is 3. The molecule has 0 amide bonds. The van der Waals surface area contributed by atoms with Gasteiger partial charge < -0.3 is 9.84 Å². The summed E-state index contributed by atoms with van der Waals surface area (Å²) in [5.74, 6) is -0.638. The molecule has 1 saturated carbocycles. The molecule has 1 rings (SSSR count). The van der Waals surface area contributed by atoms with Crippen LogP contribution in [0.15, 0.2) is 12.2 Å². The second kappa shape index (κ2) is 3.72. The van der Waals surface area contributed by atoms with Crippen molar-refractivity contribution >= 4 is 5.97 Å². The molecule has 68 valence electrons. The number of ether oxygens (including phenoxy) is 1. The molecule has 0 aromatic rings. The van der Waals surface area contributed by atoms with Crippen LogP contribution in [-0.4, -0.2) is 24.3 Å². The number of methoxy groups -OCH3 is 1. The van der Waals surface area contributed by atoms with Gasteiger partial charge >= 0.3 is 5.97 Å². The highest BCUT2D eigenvalue weighted by atomic mass is 16.5. The van der Waals surface area contributed by atoms with Crippen molar-refractivity contribution in [2.24, 2.45) is 5.92 Å². The minimum atomic E-state index is -1.01. The van der Waals surface area contributed by atoms with Gasteiger partial charge in [-0.3, -0.25) is 0 Å². The molecule has 1 aliphatic rings. The average molecular weight is 170 g/mol. The summed E-state index contributed by atoms with van der Waals surface area (Å²) in [6.45, 7) is 3.81. The Hall–Kier alpha value is -0.830. The molecule has 0 bridgehead atoms. The van der Waals surface area contributed by atoms with Crippen LogP contribution in [0.5, 0.6) is 0 Å². The van der Waals surface area contributed by atoms with E-state index in [-0.39, 0.29) is 5.92 Å². The lowest BCUT2D eigenvalue weighted by Crippen LogP contribution is -2.29. The number of aliphatic hydroxyl groups is 1. The predicted octanol–water partition coefficient (Wildman–Crippen LogP) is 0.877. The van der Waals surface area contributed by atoms with Gasteiger partial charge in [0, 0.05) is 5.92 Å². The maximum atomic E-state index is 10.9. The maximum absolute atomic E-state index is 10.9. The van der Waals surface area contributed by atoms with E-state index in [2.05, 4.69) is 11.3 Å². The number of hydrogen-bond donors (Lipinski definition) is 1. The number of aliphatic hydroxyl groups excluding tert-OH is 1. The van der Waals surface area contributed by atoms with Crippen LogP contribution >= 0.6 is 0 Å². The topological polar surface area (TPSA) is 46.5 Å². The quantitative estimate of drug-likeness (QED) is 0.494. The van der Waals surface area contributed by atoms with Gasteiger partial charge in [0.2, 0.25) is 0 Å². The molecule has 3 nitrogen and oxygen atoms in total. The Kier molecular flexibility index (Phi) is 2.87. The van der Waals surface area contributed by atoms with Gasteiger partial charge in [-0.1, -0.05) is 12.2 Å². The maximum Gasteiger partial charge on any atom is 0.335 e. The average Bonchev–Trinajstić information content (AvgIpc) is 2.48. The highest BCUT2D eigenvalue weighted by molar-refractivity contribution is 5.75. The van der Waals surface area contributed by atoms with E-state index >= 15 is 0 Å². The smallest absolute Gasteiger partial charge is 0.335 e. The van der Waals surface area contributed by atoms with Crippen LogP contribution in [0.4, 0.5) is 0 Å². The largest absolute Gasteiger partial charge is 0.467 e. The zero-order chi connectivity index (χ0) is 9.14. The van der Waals surface area contributed by atoms with Gasteiger partial charge in [-0.25, -0.2) is 4.79 Å². The van der Waals surface area contributed by atoms with Gasteiger partial charge in [0.05, 0.1) is 7.11 Å². The minimum Gasteiger partial charge on any atom is -0.467 e. The van der Waals surface area contributed by atoms with Gasteiger partial charge in [-0.15, -0.1) is 0 Å². The lowest BCUT2D eigenvalue weighted by atomic mass is 9.97. The van der Waals surface area contributed by atoms with Crippen molar-refractivity contribution in [2.75, 3.05) is 7.11 Å². The van der Waals surface area contributed by atoms with E-state index in [1.165, 1.54) is 7.11 Å². The minimum absolute atomic E-state index is 0.0857. The lowest BCUT2D eigenvalue weighted by Gasteiger charge is -2.16. The van der Waals surface area contributed by atoms with Crippen molar-refractivity contribution < 1.29 is 14.6 Å². The standard InChI is InChI=1S/C9H14O3/c1-6-4-3-5-7(6)8(10)9(11)12-2/h7-8,10H,1,3-5H2,2H3/t7-,8-/m1/s1. The molecule has 2 atom stereocenters. The van der Waals surface area contributed by atoms with Crippen molar-refractivity contribution in [3.63, 3.8) is 0 Å². The first kappa shape index (κ1) is 9.26. The fraction of sp³-hybridized carbons (Fsp3) is 0.667. The summed E-state index contributed by atoms with van der Waals surface area (Å²) in [6.07, 6.45) is 1.76. The van der Waals surface area contributed by atoms with Gasteiger partial charge in [-0.2, -0.15) is 0 Å². The molecule has 1 N–H and O–H groups in total. The Morgan fingerprint density at radius 1 is 1.83 bits per heavy atom. The molecular weight excluding hydrogens is 156 g/mol. The monoisotopic (exact) mass is 170 g/mol. The van der Waals surface area contributed by atoms with Gasteiger partial charge in [0.25, 0.3) is 0 Å². The van der Waals surface area contributed by atoms with Crippen LogP contribution in [-0.2, 0) is 9.53 Å². The van der Waals surface area contributed by atoms with E-state index < -0.39 is 12.1 Å². The third-order valence-corrected chi connectivity index (χ3v) is 2.36. The molecule has 0 heterocycles. The van der Waals surface area contributed by atoms with Crippen LogP contribution in [0.1, 0.15) is 19.3 Å². The zero-order valence-corrected chi connectivity index (χ0v) is 7.25. The Balaban J connectivity index is 2.57. The van der Waals surface area contributed by atoms with Crippen LogP contribution in [0, 0.1) is 5.92 Å². The molecule has 3 heteroatoms. The van der Waals surface area contributed by atoms with Gasteiger partial charge in [-0.05, 0) is 19.3 Å². The molecule has 12 heavy (non-hydrogen) atoms. The molecule has 0 aliphatic heterocycles. The van der Waals surface area contributed by atoms with E-state index in [1.807, 2.05) is 0 Å². The molecule has 0 saturated heterocycles. The van der Waals surface area contributed by atoms with E-state index in [1.54, 1.807) is 0 Å². The molecule has 0 aromatic heterocycles. The number of carbonyl (C=O) groups is 1. The summed E-state index contributed by atoms with van der Waals surface area (Å²) < 4.78 is 4.44. The Bertz CT molecular complexity index is 198. The highest BCUT2D eigenvalue weighted by Crippen LogP contribution is 2.32. The SMILES string of the molecule is C=C1CCC[C@H]1[C@@H](O)C(=O)OC. The van der Waals surface area contributed by atoms with Gasteiger partial charge in [0.1, 0.15) is 0 Å². The first-order valence-corrected chi connectivity index (χ1v) is 4.10. The molecule has 0 unspecified atom stereocenters. The van der Waals surface area contributed by atoms with Crippen molar-refractivity contribution in [2.45, 2.75) is 25.4 Å². The second-order valence-corrected chi connectivity index (χ2v) is 3.12. The van der Waals surface area contributed by atoms with E-state index in [0.717, 1.165) is 24.8 Å². The molecule has 0 radical (unpaired) electrons. The van der Waals surface area contributed by atoms with Crippen molar-refractivity contribution in [3.05, 3.63) is 12.2 Å². The van der Waals surface area contributed by atoms with Crippen LogP contribution < -0.4 is 0 Å². The van der Waals surface area contributed by atoms with Gasteiger partial charge in [0.15, 0.2) is 6.10 Å². The number of rotatable bonds is 2.